The van der Waals surface area contributed by atoms with Crippen LogP contribution in [0.15, 0.2) is 4.21 Å². The van der Waals surface area contributed by atoms with Gasteiger partial charge in [-0.1, -0.05) is 32.1 Å². The second-order valence-corrected chi connectivity index (χ2v) is 10.2. The smallest absolute Gasteiger partial charge is 0.254 e. The van der Waals surface area contributed by atoms with E-state index in [2.05, 4.69) is 10.3 Å². The first kappa shape index (κ1) is 19.8. The number of carbonyl (C=O) groups excluding carboxylic acids is 2. The van der Waals surface area contributed by atoms with Crippen LogP contribution in [0.5, 0.6) is 0 Å². The lowest BCUT2D eigenvalue weighted by Gasteiger charge is -2.36. The lowest BCUT2D eigenvalue weighted by atomic mass is 9.94. The van der Waals surface area contributed by atoms with Gasteiger partial charge in [0.2, 0.25) is 11.8 Å². The number of hydrogen-bond acceptors (Lipinski definition) is 6. The molecule has 0 saturated carbocycles. The van der Waals surface area contributed by atoms with Gasteiger partial charge in [-0.3, -0.25) is 9.59 Å². The van der Waals surface area contributed by atoms with E-state index >= 15 is 0 Å². The standard InChI is InChI=1S/C15H24N4O4S2/c1-10-12(24-14(16-10)17-11(2)20)25(22,23)19-8-6-18(7-9-19)13(21)15(3,4)5/h6-9H2,1-5H3,(H,16,17,20). The van der Waals surface area contributed by atoms with Crippen molar-refractivity contribution < 1.29 is 18.0 Å². The number of amides is 2. The Bertz CT molecular complexity index is 772. The number of rotatable bonds is 3. The fourth-order valence-electron chi connectivity index (χ4n) is 2.55. The Morgan fingerprint density at radius 1 is 1.16 bits per heavy atom. The van der Waals surface area contributed by atoms with Crippen molar-refractivity contribution in [3.63, 3.8) is 0 Å². The molecule has 8 nitrogen and oxygen atoms in total. The van der Waals surface area contributed by atoms with Gasteiger partial charge in [-0.2, -0.15) is 4.31 Å². The summed E-state index contributed by atoms with van der Waals surface area (Å²) < 4.78 is 27.2. The van der Waals surface area contributed by atoms with Gasteiger partial charge < -0.3 is 10.2 Å². The van der Waals surface area contributed by atoms with E-state index in [-0.39, 0.29) is 34.2 Å². The summed E-state index contributed by atoms with van der Waals surface area (Å²) in [6.07, 6.45) is 0. The summed E-state index contributed by atoms with van der Waals surface area (Å²) in [4.78, 5) is 29.2. The molecule has 0 bridgehead atoms. The summed E-state index contributed by atoms with van der Waals surface area (Å²) in [5, 5.41) is 2.78. The Balaban J connectivity index is 2.13. The number of piperazine rings is 1. The Morgan fingerprint density at radius 3 is 2.20 bits per heavy atom. The van der Waals surface area contributed by atoms with Crippen LogP contribution in [0, 0.1) is 12.3 Å². The zero-order chi connectivity index (χ0) is 19.0. The first-order valence-corrected chi connectivity index (χ1v) is 10.2. The van der Waals surface area contributed by atoms with Crippen LogP contribution in [-0.2, 0) is 19.6 Å². The molecule has 1 N–H and O–H groups in total. The number of thiazole rings is 1. The van der Waals surface area contributed by atoms with Gasteiger partial charge in [0.1, 0.15) is 0 Å². The molecule has 140 valence electrons. The highest BCUT2D eigenvalue weighted by atomic mass is 32.2. The largest absolute Gasteiger partial charge is 0.340 e. The van der Waals surface area contributed by atoms with Crippen LogP contribution in [0.3, 0.4) is 0 Å². The van der Waals surface area contributed by atoms with Gasteiger partial charge in [-0.05, 0) is 6.92 Å². The van der Waals surface area contributed by atoms with Gasteiger partial charge in [-0.25, -0.2) is 13.4 Å². The lowest BCUT2D eigenvalue weighted by Crippen LogP contribution is -2.52. The fourth-order valence-corrected chi connectivity index (χ4v) is 5.57. The van der Waals surface area contributed by atoms with Crippen molar-refractivity contribution >= 4 is 38.3 Å². The van der Waals surface area contributed by atoms with Crippen LogP contribution in [0.2, 0.25) is 0 Å². The second kappa shape index (κ2) is 7.00. The van der Waals surface area contributed by atoms with Crippen molar-refractivity contribution in [2.24, 2.45) is 5.41 Å². The topological polar surface area (TPSA) is 99.7 Å². The van der Waals surface area contributed by atoms with E-state index in [4.69, 9.17) is 0 Å². The zero-order valence-electron chi connectivity index (χ0n) is 15.1. The first-order valence-electron chi connectivity index (χ1n) is 7.97. The summed E-state index contributed by atoms with van der Waals surface area (Å²) in [7, 11) is -3.69. The van der Waals surface area contributed by atoms with E-state index < -0.39 is 15.4 Å². The van der Waals surface area contributed by atoms with Crippen molar-refractivity contribution in [3.8, 4) is 0 Å². The maximum atomic E-state index is 12.9. The van der Waals surface area contributed by atoms with E-state index in [9.17, 15) is 18.0 Å². The third-order valence-electron chi connectivity index (χ3n) is 3.78. The zero-order valence-corrected chi connectivity index (χ0v) is 16.8. The van der Waals surface area contributed by atoms with Gasteiger partial charge in [-0.15, -0.1) is 0 Å². The maximum Gasteiger partial charge on any atom is 0.254 e. The molecule has 25 heavy (non-hydrogen) atoms. The number of hydrogen-bond donors (Lipinski definition) is 1. The van der Waals surface area contributed by atoms with Crippen molar-refractivity contribution in [1.82, 2.24) is 14.2 Å². The molecule has 0 atom stereocenters. The van der Waals surface area contributed by atoms with Crippen LogP contribution in [0.4, 0.5) is 5.13 Å². The van der Waals surface area contributed by atoms with Crippen molar-refractivity contribution in [3.05, 3.63) is 5.69 Å². The second-order valence-electron chi connectivity index (χ2n) is 7.02. The predicted octanol–water partition coefficient (Wildman–Crippen LogP) is 1.29. The molecule has 1 fully saturated rings. The van der Waals surface area contributed by atoms with E-state index in [0.717, 1.165) is 11.3 Å². The van der Waals surface area contributed by atoms with Crippen molar-refractivity contribution in [2.45, 2.75) is 38.8 Å². The molecule has 2 rings (SSSR count). The molecule has 2 amide bonds. The minimum absolute atomic E-state index is 0.0199. The quantitative estimate of drug-likeness (QED) is 0.841. The molecule has 1 aromatic heterocycles. The lowest BCUT2D eigenvalue weighted by molar-refractivity contribution is -0.140. The number of anilines is 1. The van der Waals surface area contributed by atoms with Crippen LogP contribution < -0.4 is 5.32 Å². The minimum atomic E-state index is -3.69. The summed E-state index contributed by atoms with van der Waals surface area (Å²) in [5.41, 5.74) is -0.121. The Hall–Kier alpha value is -1.52. The molecule has 0 aromatic carbocycles. The monoisotopic (exact) mass is 388 g/mol. The molecular weight excluding hydrogens is 364 g/mol. The Morgan fingerprint density at radius 2 is 1.72 bits per heavy atom. The molecule has 0 radical (unpaired) electrons. The summed E-state index contributed by atoms with van der Waals surface area (Å²) >= 11 is 0.947. The Kier molecular flexibility index (Phi) is 5.55. The van der Waals surface area contributed by atoms with E-state index in [1.54, 1.807) is 11.8 Å². The molecule has 1 aliphatic rings. The van der Waals surface area contributed by atoms with Gasteiger partial charge in [0, 0.05) is 38.5 Å². The highest BCUT2D eigenvalue weighted by Gasteiger charge is 2.35. The number of aryl methyl sites for hydroxylation is 1. The molecule has 0 unspecified atom stereocenters. The van der Waals surface area contributed by atoms with E-state index in [1.807, 2.05) is 20.8 Å². The third-order valence-corrected chi connectivity index (χ3v) is 7.34. The van der Waals surface area contributed by atoms with Crippen LogP contribution in [-0.4, -0.2) is 60.6 Å². The summed E-state index contributed by atoms with van der Waals surface area (Å²) in [6, 6.07) is 0. The first-order chi connectivity index (χ1) is 11.4. The molecule has 1 aliphatic heterocycles. The molecule has 1 aromatic rings. The molecule has 10 heteroatoms. The normalized spacial score (nSPS) is 16.8. The SMILES string of the molecule is CC(=O)Nc1nc(C)c(S(=O)(=O)N2CCN(C(=O)C(C)(C)C)CC2)s1. The molecule has 0 spiro atoms. The average molecular weight is 389 g/mol. The predicted molar refractivity (Wildman–Crippen MR) is 95.9 cm³/mol. The number of sulfonamides is 1. The van der Waals surface area contributed by atoms with Gasteiger partial charge in [0.05, 0.1) is 5.69 Å². The highest BCUT2D eigenvalue weighted by molar-refractivity contribution is 7.91. The Labute approximate surface area is 152 Å². The maximum absolute atomic E-state index is 12.9. The fraction of sp³-hybridized carbons (Fsp3) is 0.667. The van der Waals surface area contributed by atoms with E-state index in [1.165, 1.54) is 11.2 Å². The molecular formula is C15H24N4O4S2. The van der Waals surface area contributed by atoms with Crippen LogP contribution >= 0.6 is 11.3 Å². The molecule has 1 saturated heterocycles. The third kappa shape index (κ3) is 4.36. The van der Waals surface area contributed by atoms with Crippen LogP contribution in [0.1, 0.15) is 33.4 Å². The highest BCUT2D eigenvalue weighted by Crippen LogP contribution is 2.30. The van der Waals surface area contributed by atoms with Gasteiger partial charge in [0.15, 0.2) is 9.34 Å². The summed E-state index contributed by atoms with van der Waals surface area (Å²) in [5.74, 6) is -0.279. The number of nitrogens with zero attached hydrogens (tertiary/aromatic N) is 3. The van der Waals surface area contributed by atoms with Crippen molar-refractivity contribution in [1.29, 1.82) is 0 Å². The van der Waals surface area contributed by atoms with Gasteiger partial charge in [0.25, 0.3) is 10.0 Å². The summed E-state index contributed by atoms with van der Waals surface area (Å²) in [6.45, 7) is 9.73. The van der Waals surface area contributed by atoms with Crippen LogP contribution in [0.25, 0.3) is 0 Å². The molecule has 0 aliphatic carbocycles. The number of carbonyl (C=O) groups is 2. The van der Waals surface area contributed by atoms with E-state index in [0.29, 0.717) is 18.8 Å². The van der Waals surface area contributed by atoms with Gasteiger partial charge >= 0.3 is 0 Å². The minimum Gasteiger partial charge on any atom is -0.340 e. The molecule has 2 heterocycles. The van der Waals surface area contributed by atoms with Crippen molar-refractivity contribution in [2.75, 3.05) is 31.5 Å². The average Bonchev–Trinajstić information content (AvgIpc) is 2.86. The number of nitrogens with one attached hydrogen (secondary N) is 1. The number of aromatic nitrogens is 1.